The minimum atomic E-state index is -0.328. The largest absolute Gasteiger partial charge is 0.232 e. The minimum absolute atomic E-state index is 0.0788. The SMILES string of the molecule is N#Cc1ncc(-c2ccccc2F)cn1. The quantitative estimate of drug-likeness (QED) is 0.707. The van der Waals surface area contributed by atoms with Gasteiger partial charge in [0.05, 0.1) is 0 Å². The molecule has 0 saturated heterocycles. The van der Waals surface area contributed by atoms with Crippen molar-refractivity contribution in [3.63, 3.8) is 0 Å². The first-order chi connectivity index (χ1) is 7.31. The molecule has 0 spiro atoms. The minimum Gasteiger partial charge on any atom is -0.227 e. The van der Waals surface area contributed by atoms with Crippen LogP contribution in [0.25, 0.3) is 11.1 Å². The number of halogens is 1. The molecule has 4 heteroatoms. The molecule has 15 heavy (non-hydrogen) atoms. The maximum absolute atomic E-state index is 13.3. The van der Waals surface area contributed by atoms with Gasteiger partial charge in [-0.2, -0.15) is 5.26 Å². The third kappa shape index (κ3) is 1.81. The van der Waals surface area contributed by atoms with Gasteiger partial charge in [0.15, 0.2) is 0 Å². The molecule has 0 radical (unpaired) electrons. The molecular formula is C11H6FN3. The molecule has 2 aromatic rings. The number of nitriles is 1. The standard InChI is InChI=1S/C11H6FN3/c12-10-4-2-1-3-9(10)8-6-14-11(5-13)15-7-8/h1-4,6-7H. The average Bonchev–Trinajstić information content (AvgIpc) is 2.30. The Morgan fingerprint density at radius 2 is 1.80 bits per heavy atom. The summed E-state index contributed by atoms with van der Waals surface area (Å²) in [7, 11) is 0. The van der Waals surface area contributed by atoms with Crippen LogP contribution < -0.4 is 0 Å². The second-order valence-corrected chi connectivity index (χ2v) is 2.89. The van der Waals surface area contributed by atoms with Crippen molar-refractivity contribution in [2.75, 3.05) is 0 Å². The predicted molar refractivity (Wildman–Crippen MR) is 52.1 cm³/mol. The molecule has 0 N–H and O–H groups in total. The molecule has 0 amide bonds. The molecule has 3 nitrogen and oxygen atoms in total. The van der Waals surface area contributed by atoms with Gasteiger partial charge in [0.2, 0.25) is 5.82 Å². The molecule has 1 aromatic carbocycles. The van der Waals surface area contributed by atoms with Crippen molar-refractivity contribution in [3.8, 4) is 17.2 Å². The molecule has 0 bridgehead atoms. The van der Waals surface area contributed by atoms with E-state index in [0.29, 0.717) is 11.1 Å². The second kappa shape index (κ2) is 3.84. The smallest absolute Gasteiger partial charge is 0.227 e. The molecular weight excluding hydrogens is 193 g/mol. The van der Waals surface area contributed by atoms with Crippen LogP contribution in [0.3, 0.4) is 0 Å². The Morgan fingerprint density at radius 1 is 1.13 bits per heavy atom. The van der Waals surface area contributed by atoms with Crippen LogP contribution in [-0.2, 0) is 0 Å². The molecule has 0 aliphatic rings. The van der Waals surface area contributed by atoms with Gasteiger partial charge in [0.25, 0.3) is 0 Å². The fourth-order valence-corrected chi connectivity index (χ4v) is 1.22. The molecule has 0 atom stereocenters. The molecule has 0 unspecified atom stereocenters. The second-order valence-electron chi connectivity index (χ2n) is 2.89. The summed E-state index contributed by atoms with van der Waals surface area (Å²) in [5, 5.41) is 8.50. The number of rotatable bonds is 1. The van der Waals surface area contributed by atoms with Crippen molar-refractivity contribution >= 4 is 0 Å². The average molecular weight is 199 g/mol. The third-order valence-corrected chi connectivity index (χ3v) is 1.94. The van der Waals surface area contributed by atoms with Crippen molar-refractivity contribution in [1.82, 2.24) is 9.97 Å². The maximum atomic E-state index is 13.3. The summed E-state index contributed by atoms with van der Waals surface area (Å²) in [5.74, 6) is -0.249. The van der Waals surface area contributed by atoms with Gasteiger partial charge in [0.1, 0.15) is 11.9 Å². The summed E-state index contributed by atoms with van der Waals surface area (Å²) in [6.07, 6.45) is 2.87. The predicted octanol–water partition coefficient (Wildman–Crippen LogP) is 2.15. The summed E-state index contributed by atoms with van der Waals surface area (Å²) in [5.41, 5.74) is 0.995. The zero-order valence-electron chi connectivity index (χ0n) is 7.68. The Bertz CT molecular complexity index is 514. The van der Waals surface area contributed by atoms with Crippen LogP contribution in [0.15, 0.2) is 36.7 Å². The topological polar surface area (TPSA) is 49.6 Å². The summed E-state index contributed by atoms with van der Waals surface area (Å²) in [6.45, 7) is 0. The van der Waals surface area contributed by atoms with E-state index in [1.807, 2.05) is 0 Å². The van der Waals surface area contributed by atoms with Gasteiger partial charge in [0, 0.05) is 23.5 Å². The highest BCUT2D eigenvalue weighted by atomic mass is 19.1. The Labute approximate surface area is 85.9 Å². The lowest BCUT2D eigenvalue weighted by Gasteiger charge is -2.01. The maximum Gasteiger partial charge on any atom is 0.232 e. The van der Waals surface area contributed by atoms with Crippen molar-refractivity contribution in [2.45, 2.75) is 0 Å². The van der Waals surface area contributed by atoms with Gasteiger partial charge in [-0.05, 0) is 6.07 Å². The fraction of sp³-hybridized carbons (Fsp3) is 0. The molecule has 0 fully saturated rings. The number of benzene rings is 1. The van der Waals surface area contributed by atoms with Crippen LogP contribution in [0.5, 0.6) is 0 Å². The monoisotopic (exact) mass is 199 g/mol. The van der Waals surface area contributed by atoms with Gasteiger partial charge >= 0.3 is 0 Å². The Kier molecular flexibility index (Phi) is 2.38. The van der Waals surface area contributed by atoms with E-state index >= 15 is 0 Å². The van der Waals surface area contributed by atoms with Gasteiger partial charge < -0.3 is 0 Å². The van der Waals surface area contributed by atoms with Crippen LogP contribution in [0.2, 0.25) is 0 Å². The van der Waals surface area contributed by atoms with Crippen LogP contribution in [0, 0.1) is 17.1 Å². The van der Waals surface area contributed by atoms with E-state index in [1.165, 1.54) is 18.5 Å². The first-order valence-corrected chi connectivity index (χ1v) is 4.28. The third-order valence-electron chi connectivity index (χ3n) is 1.94. The van der Waals surface area contributed by atoms with Crippen molar-refractivity contribution in [2.24, 2.45) is 0 Å². The van der Waals surface area contributed by atoms with Crippen LogP contribution >= 0.6 is 0 Å². The first-order valence-electron chi connectivity index (χ1n) is 4.28. The number of aromatic nitrogens is 2. The molecule has 2 rings (SSSR count). The highest BCUT2D eigenvalue weighted by Crippen LogP contribution is 2.20. The number of nitrogens with zero attached hydrogens (tertiary/aromatic N) is 3. The summed E-state index contributed by atoms with van der Waals surface area (Å²) < 4.78 is 13.3. The molecule has 0 saturated carbocycles. The van der Waals surface area contributed by atoms with E-state index in [0.717, 1.165) is 0 Å². The Hall–Kier alpha value is -2.28. The fourth-order valence-electron chi connectivity index (χ4n) is 1.22. The first kappa shape index (κ1) is 9.28. The van der Waals surface area contributed by atoms with Crippen LogP contribution in [-0.4, -0.2) is 9.97 Å². The number of hydrogen-bond acceptors (Lipinski definition) is 3. The van der Waals surface area contributed by atoms with E-state index in [4.69, 9.17) is 5.26 Å². The molecule has 1 heterocycles. The zero-order valence-corrected chi connectivity index (χ0v) is 7.68. The molecule has 72 valence electrons. The normalized spacial score (nSPS) is 9.60. The van der Waals surface area contributed by atoms with Crippen LogP contribution in [0.1, 0.15) is 5.82 Å². The molecule has 1 aromatic heterocycles. The van der Waals surface area contributed by atoms with E-state index in [-0.39, 0.29) is 11.6 Å². The van der Waals surface area contributed by atoms with Gasteiger partial charge in [-0.25, -0.2) is 14.4 Å². The Balaban J connectivity index is 2.47. The number of hydrogen-bond donors (Lipinski definition) is 0. The summed E-state index contributed by atoms with van der Waals surface area (Å²) in [6, 6.07) is 8.16. The van der Waals surface area contributed by atoms with E-state index in [2.05, 4.69) is 9.97 Å². The Morgan fingerprint density at radius 3 is 2.40 bits per heavy atom. The summed E-state index contributed by atoms with van der Waals surface area (Å²) >= 11 is 0. The summed E-state index contributed by atoms with van der Waals surface area (Å²) in [4.78, 5) is 7.55. The van der Waals surface area contributed by atoms with Crippen molar-refractivity contribution < 1.29 is 4.39 Å². The van der Waals surface area contributed by atoms with E-state index < -0.39 is 0 Å². The lowest BCUT2D eigenvalue weighted by Crippen LogP contribution is -1.90. The molecule has 0 aliphatic carbocycles. The van der Waals surface area contributed by atoms with Crippen molar-refractivity contribution in [1.29, 1.82) is 5.26 Å². The lowest BCUT2D eigenvalue weighted by atomic mass is 10.1. The van der Waals surface area contributed by atoms with E-state index in [9.17, 15) is 4.39 Å². The highest BCUT2D eigenvalue weighted by Gasteiger charge is 2.04. The van der Waals surface area contributed by atoms with Crippen molar-refractivity contribution in [3.05, 3.63) is 48.3 Å². The zero-order chi connectivity index (χ0) is 10.7. The van der Waals surface area contributed by atoms with Gasteiger partial charge in [-0.15, -0.1) is 0 Å². The molecule has 0 aliphatic heterocycles. The van der Waals surface area contributed by atoms with Crippen LogP contribution in [0.4, 0.5) is 4.39 Å². The van der Waals surface area contributed by atoms with E-state index in [1.54, 1.807) is 24.3 Å². The van der Waals surface area contributed by atoms with Gasteiger partial charge in [-0.1, -0.05) is 18.2 Å². The highest BCUT2D eigenvalue weighted by molar-refractivity contribution is 5.62. The lowest BCUT2D eigenvalue weighted by molar-refractivity contribution is 0.631. The van der Waals surface area contributed by atoms with Gasteiger partial charge in [-0.3, -0.25) is 0 Å².